The van der Waals surface area contributed by atoms with E-state index in [1.807, 2.05) is 38.1 Å². The Kier molecular flexibility index (Phi) is 5.43. The minimum atomic E-state index is -0.205. The second-order valence-corrected chi connectivity index (χ2v) is 6.62. The third kappa shape index (κ3) is 4.59. The molecule has 0 aliphatic heterocycles. The molecule has 1 unspecified atom stereocenters. The van der Waals surface area contributed by atoms with E-state index in [0.29, 0.717) is 11.6 Å². The Morgan fingerprint density at radius 3 is 2.35 bits per heavy atom. The van der Waals surface area contributed by atoms with Gasteiger partial charge < -0.3 is 11.1 Å². The Bertz CT molecular complexity index is 675. The predicted molar refractivity (Wildman–Crippen MR) is 97.6 cm³/mol. The van der Waals surface area contributed by atoms with E-state index in [1.54, 1.807) is 6.07 Å². The van der Waals surface area contributed by atoms with E-state index in [0.717, 1.165) is 23.2 Å². The number of carbonyl (C=O) groups excluding carboxylic acids is 1. The Morgan fingerprint density at radius 2 is 1.74 bits per heavy atom. The van der Waals surface area contributed by atoms with Gasteiger partial charge in [0.15, 0.2) is 0 Å². The number of nitrogen functional groups attached to an aromatic ring is 1. The van der Waals surface area contributed by atoms with Crippen LogP contribution in [0.1, 0.15) is 43.4 Å². The SMILES string of the molecule is Cc1ccc(N)cc1NC(=O)C(C)c1ccc(CC(C)C)cc1. The summed E-state index contributed by atoms with van der Waals surface area (Å²) in [4.78, 5) is 12.5. The molecule has 0 aliphatic rings. The molecule has 1 atom stereocenters. The fraction of sp³-hybridized carbons (Fsp3) is 0.350. The molecule has 0 bridgehead atoms. The van der Waals surface area contributed by atoms with Gasteiger partial charge in [0.25, 0.3) is 0 Å². The van der Waals surface area contributed by atoms with Crippen molar-refractivity contribution < 1.29 is 4.79 Å². The quantitative estimate of drug-likeness (QED) is 0.798. The fourth-order valence-corrected chi connectivity index (χ4v) is 2.58. The fourth-order valence-electron chi connectivity index (χ4n) is 2.58. The van der Waals surface area contributed by atoms with Crippen LogP contribution in [0.25, 0.3) is 0 Å². The number of benzene rings is 2. The number of hydrogen-bond donors (Lipinski definition) is 2. The van der Waals surface area contributed by atoms with Crippen LogP contribution in [-0.2, 0) is 11.2 Å². The largest absolute Gasteiger partial charge is 0.399 e. The number of anilines is 2. The van der Waals surface area contributed by atoms with E-state index in [1.165, 1.54) is 5.56 Å². The molecule has 0 aliphatic carbocycles. The number of amides is 1. The van der Waals surface area contributed by atoms with Crippen molar-refractivity contribution in [3.05, 3.63) is 59.2 Å². The molecule has 0 heterocycles. The van der Waals surface area contributed by atoms with Gasteiger partial charge in [-0.05, 0) is 55.0 Å². The van der Waals surface area contributed by atoms with E-state index < -0.39 is 0 Å². The van der Waals surface area contributed by atoms with Gasteiger partial charge >= 0.3 is 0 Å². The smallest absolute Gasteiger partial charge is 0.231 e. The van der Waals surface area contributed by atoms with Crippen molar-refractivity contribution in [2.24, 2.45) is 5.92 Å². The molecule has 0 saturated carbocycles. The van der Waals surface area contributed by atoms with E-state index in [9.17, 15) is 4.79 Å². The number of nitrogens with two attached hydrogens (primary N) is 1. The molecule has 2 rings (SSSR count). The Hall–Kier alpha value is -2.29. The van der Waals surface area contributed by atoms with Crippen molar-refractivity contribution in [1.82, 2.24) is 0 Å². The highest BCUT2D eigenvalue weighted by Gasteiger charge is 2.16. The summed E-state index contributed by atoms with van der Waals surface area (Å²) < 4.78 is 0. The molecule has 0 aromatic heterocycles. The van der Waals surface area contributed by atoms with Crippen LogP contribution in [0.5, 0.6) is 0 Å². The van der Waals surface area contributed by atoms with Gasteiger partial charge in [-0.25, -0.2) is 0 Å². The van der Waals surface area contributed by atoms with Crippen LogP contribution in [-0.4, -0.2) is 5.91 Å². The highest BCUT2D eigenvalue weighted by Crippen LogP contribution is 2.22. The van der Waals surface area contributed by atoms with E-state index in [2.05, 4.69) is 31.3 Å². The zero-order valence-corrected chi connectivity index (χ0v) is 14.4. The van der Waals surface area contributed by atoms with E-state index in [4.69, 9.17) is 5.73 Å². The summed E-state index contributed by atoms with van der Waals surface area (Å²) in [5, 5.41) is 2.98. The minimum Gasteiger partial charge on any atom is -0.399 e. The summed E-state index contributed by atoms with van der Waals surface area (Å²) in [5.74, 6) is 0.410. The third-order valence-electron chi connectivity index (χ3n) is 4.04. The molecule has 23 heavy (non-hydrogen) atoms. The van der Waals surface area contributed by atoms with Crippen molar-refractivity contribution in [3.63, 3.8) is 0 Å². The summed E-state index contributed by atoms with van der Waals surface area (Å²) in [7, 11) is 0. The number of nitrogens with one attached hydrogen (secondary N) is 1. The zero-order valence-electron chi connectivity index (χ0n) is 14.4. The Labute approximate surface area is 138 Å². The van der Waals surface area contributed by atoms with Crippen molar-refractivity contribution in [1.29, 1.82) is 0 Å². The average Bonchev–Trinajstić information content (AvgIpc) is 2.50. The molecular weight excluding hydrogens is 284 g/mol. The van der Waals surface area contributed by atoms with Crippen molar-refractivity contribution >= 4 is 17.3 Å². The van der Waals surface area contributed by atoms with Crippen LogP contribution >= 0.6 is 0 Å². The molecule has 122 valence electrons. The summed E-state index contributed by atoms with van der Waals surface area (Å²) in [6, 6.07) is 13.9. The highest BCUT2D eigenvalue weighted by atomic mass is 16.1. The monoisotopic (exact) mass is 310 g/mol. The van der Waals surface area contributed by atoms with Crippen LogP contribution in [0.4, 0.5) is 11.4 Å². The van der Waals surface area contributed by atoms with Crippen molar-refractivity contribution in [2.75, 3.05) is 11.1 Å². The Balaban J connectivity index is 2.08. The van der Waals surface area contributed by atoms with Gasteiger partial charge in [0.05, 0.1) is 5.92 Å². The molecule has 3 nitrogen and oxygen atoms in total. The van der Waals surface area contributed by atoms with Crippen LogP contribution in [0, 0.1) is 12.8 Å². The van der Waals surface area contributed by atoms with Gasteiger partial charge in [0.1, 0.15) is 0 Å². The summed E-state index contributed by atoms with van der Waals surface area (Å²) in [6.45, 7) is 8.30. The normalized spacial score (nSPS) is 12.2. The lowest BCUT2D eigenvalue weighted by molar-refractivity contribution is -0.117. The number of hydrogen-bond acceptors (Lipinski definition) is 2. The molecule has 1 amide bonds. The standard InChI is InChI=1S/C20H26N2O/c1-13(2)11-16-6-8-17(9-7-16)15(4)20(23)22-19-12-18(21)10-5-14(19)3/h5-10,12-13,15H,11,21H2,1-4H3,(H,22,23). The number of rotatable bonds is 5. The van der Waals surface area contributed by atoms with E-state index >= 15 is 0 Å². The van der Waals surface area contributed by atoms with Gasteiger partial charge in [-0.15, -0.1) is 0 Å². The van der Waals surface area contributed by atoms with Crippen LogP contribution in [0.3, 0.4) is 0 Å². The van der Waals surface area contributed by atoms with Crippen molar-refractivity contribution in [2.45, 2.75) is 40.0 Å². The summed E-state index contributed by atoms with van der Waals surface area (Å²) >= 11 is 0. The topological polar surface area (TPSA) is 55.1 Å². The van der Waals surface area contributed by atoms with Crippen LogP contribution in [0.2, 0.25) is 0 Å². The van der Waals surface area contributed by atoms with Crippen LogP contribution < -0.4 is 11.1 Å². The summed E-state index contributed by atoms with van der Waals surface area (Å²) in [5.41, 5.74) is 10.6. The lowest BCUT2D eigenvalue weighted by Crippen LogP contribution is -2.19. The Morgan fingerprint density at radius 1 is 1.09 bits per heavy atom. The molecule has 0 spiro atoms. The minimum absolute atomic E-state index is 0.0182. The lowest BCUT2D eigenvalue weighted by Gasteiger charge is -2.15. The molecule has 3 heteroatoms. The molecule has 2 aromatic carbocycles. The second kappa shape index (κ2) is 7.32. The molecular formula is C20H26N2O. The third-order valence-corrected chi connectivity index (χ3v) is 4.04. The number of carbonyl (C=O) groups is 1. The average molecular weight is 310 g/mol. The first-order chi connectivity index (χ1) is 10.9. The lowest BCUT2D eigenvalue weighted by atomic mass is 9.96. The molecule has 3 N–H and O–H groups in total. The number of aryl methyl sites for hydroxylation is 1. The first-order valence-corrected chi connectivity index (χ1v) is 8.12. The molecule has 0 saturated heterocycles. The molecule has 0 radical (unpaired) electrons. The van der Waals surface area contributed by atoms with Gasteiger partial charge in [0.2, 0.25) is 5.91 Å². The highest BCUT2D eigenvalue weighted by molar-refractivity contribution is 5.96. The molecule has 2 aromatic rings. The van der Waals surface area contributed by atoms with E-state index in [-0.39, 0.29) is 11.8 Å². The van der Waals surface area contributed by atoms with Crippen molar-refractivity contribution in [3.8, 4) is 0 Å². The first-order valence-electron chi connectivity index (χ1n) is 8.12. The first kappa shape index (κ1) is 17.1. The van der Waals surface area contributed by atoms with Gasteiger partial charge in [-0.1, -0.05) is 44.2 Å². The molecule has 0 fully saturated rings. The maximum atomic E-state index is 12.5. The van der Waals surface area contributed by atoms with Gasteiger partial charge in [-0.2, -0.15) is 0 Å². The maximum absolute atomic E-state index is 12.5. The van der Waals surface area contributed by atoms with Gasteiger partial charge in [0, 0.05) is 11.4 Å². The maximum Gasteiger partial charge on any atom is 0.231 e. The predicted octanol–water partition coefficient (Wildman–Crippen LogP) is 4.52. The van der Waals surface area contributed by atoms with Crippen LogP contribution in [0.15, 0.2) is 42.5 Å². The summed E-state index contributed by atoms with van der Waals surface area (Å²) in [6.07, 6.45) is 1.06. The zero-order chi connectivity index (χ0) is 17.0. The second-order valence-electron chi connectivity index (χ2n) is 6.62. The van der Waals surface area contributed by atoms with Gasteiger partial charge in [-0.3, -0.25) is 4.79 Å².